The summed E-state index contributed by atoms with van der Waals surface area (Å²) < 4.78 is 20.1. The molecule has 0 heterocycles. The highest BCUT2D eigenvalue weighted by molar-refractivity contribution is 5.98. The number of nitrogens with one attached hydrogen (secondary N) is 2. The van der Waals surface area contributed by atoms with Crippen molar-refractivity contribution in [1.82, 2.24) is 4.90 Å². The van der Waals surface area contributed by atoms with Crippen molar-refractivity contribution in [3.63, 3.8) is 0 Å². The number of urea groups is 1. The molecule has 0 saturated carbocycles. The summed E-state index contributed by atoms with van der Waals surface area (Å²) in [6.45, 7) is 3.58. The van der Waals surface area contributed by atoms with E-state index in [9.17, 15) is 14.0 Å². The van der Waals surface area contributed by atoms with Gasteiger partial charge in [0, 0.05) is 12.7 Å². The summed E-state index contributed by atoms with van der Waals surface area (Å²) in [6.07, 6.45) is 0. The van der Waals surface area contributed by atoms with Gasteiger partial charge in [0.2, 0.25) is 5.91 Å². The molecule has 3 rings (SSSR count). The fraction of sp³-hybridized carbons (Fsp3) is 0.167. The van der Waals surface area contributed by atoms with Crippen molar-refractivity contribution in [1.29, 1.82) is 0 Å². The third-order valence-electron chi connectivity index (χ3n) is 4.65. The summed E-state index contributed by atoms with van der Waals surface area (Å²) in [6, 6.07) is 18.2. The van der Waals surface area contributed by atoms with Crippen LogP contribution >= 0.6 is 0 Å². The number of anilines is 2. The van der Waals surface area contributed by atoms with Gasteiger partial charge in [-0.2, -0.15) is 0 Å². The molecule has 0 spiro atoms. The zero-order valence-corrected chi connectivity index (χ0v) is 17.6. The van der Waals surface area contributed by atoms with E-state index in [1.54, 1.807) is 30.3 Å². The molecule has 3 aromatic carbocycles. The van der Waals surface area contributed by atoms with Gasteiger partial charge in [0.05, 0.1) is 0 Å². The number of aryl methyl sites for hydroxylation is 2. The van der Waals surface area contributed by atoms with Crippen molar-refractivity contribution in [3.8, 4) is 11.5 Å². The maximum absolute atomic E-state index is 14.4. The van der Waals surface area contributed by atoms with E-state index >= 15 is 0 Å². The first kappa shape index (κ1) is 21.8. The maximum Gasteiger partial charge on any atom is 0.322 e. The summed E-state index contributed by atoms with van der Waals surface area (Å²) in [4.78, 5) is 26.2. The van der Waals surface area contributed by atoms with Crippen molar-refractivity contribution in [2.24, 2.45) is 0 Å². The van der Waals surface area contributed by atoms with Crippen LogP contribution in [0.25, 0.3) is 0 Å². The molecule has 31 heavy (non-hydrogen) atoms. The zero-order valence-electron chi connectivity index (χ0n) is 17.6. The minimum Gasteiger partial charge on any atom is -0.455 e. The number of rotatable bonds is 6. The molecule has 0 aromatic heterocycles. The van der Waals surface area contributed by atoms with E-state index in [0.29, 0.717) is 11.4 Å². The third-order valence-corrected chi connectivity index (χ3v) is 4.65. The van der Waals surface area contributed by atoms with Gasteiger partial charge in [0.25, 0.3) is 0 Å². The van der Waals surface area contributed by atoms with Gasteiger partial charge in [-0.15, -0.1) is 0 Å². The number of para-hydroxylation sites is 3. The van der Waals surface area contributed by atoms with Gasteiger partial charge in [-0.25, -0.2) is 9.18 Å². The van der Waals surface area contributed by atoms with Crippen LogP contribution < -0.4 is 15.4 Å². The number of ether oxygens (including phenoxy) is 1. The molecule has 0 radical (unpaired) electrons. The molecule has 0 aliphatic carbocycles. The predicted molar refractivity (Wildman–Crippen MR) is 119 cm³/mol. The Bertz CT molecular complexity index is 1070. The molecule has 7 heteroatoms. The summed E-state index contributed by atoms with van der Waals surface area (Å²) >= 11 is 0. The Hall–Kier alpha value is -3.87. The second-order valence-electron chi connectivity index (χ2n) is 7.13. The summed E-state index contributed by atoms with van der Waals surface area (Å²) in [5, 5.41) is 5.32. The van der Waals surface area contributed by atoms with Gasteiger partial charge in [-0.05, 0) is 49.2 Å². The van der Waals surface area contributed by atoms with Gasteiger partial charge in [-0.1, -0.05) is 42.5 Å². The van der Waals surface area contributed by atoms with Crippen LogP contribution in [-0.4, -0.2) is 30.4 Å². The van der Waals surface area contributed by atoms with E-state index in [2.05, 4.69) is 10.6 Å². The first-order chi connectivity index (χ1) is 14.8. The Morgan fingerprint density at radius 3 is 2.19 bits per heavy atom. The van der Waals surface area contributed by atoms with Crippen LogP contribution in [0.2, 0.25) is 0 Å². The van der Waals surface area contributed by atoms with Crippen LogP contribution in [0.3, 0.4) is 0 Å². The van der Waals surface area contributed by atoms with E-state index in [0.717, 1.165) is 11.1 Å². The van der Waals surface area contributed by atoms with Gasteiger partial charge in [0.1, 0.15) is 18.0 Å². The molecular formula is C24H24FN3O3. The van der Waals surface area contributed by atoms with E-state index < -0.39 is 11.8 Å². The molecule has 0 aliphatic rings. The normalized spacial score (nSPS) is 10.3. The highest BCUT2D eigenvalue weighted by Crippen LogP contribution is 2.31. The van der Waals surface area contributed by atoms with Crippen LogP contribution in [0.5, 0.6) is 11.5 Å². The number of carbonyl (C=O) groups excluding carboxylic acids is 2. The van der Waals surface area contributed by atoms with E-state index in [1.807, 2.05) is 38.1 Å². The molecule has 0 fully saturated rings. The lowest BCUT2D eigenvalue weighted by Gasteiger charge is -2.20. The Balaban J connectivity index is 1.67. The largest absolute Gasteiger partial charge is 0.455 e. The van der Waals surface area contributed by atoms with Gasteiger partial charge in [0.15, 0.2) is 11.6 Å². The minimum absolute atomic E-state index is 0.0987. The standard InChI is InChI=1S/C24H24FN3O3/c1-16-9-7-10-17(2)22(16)26-21(29)15-28(3)24(30)27-23-19(25)13-8-14-20(23)31-18-11-5-4-6-12-18/h4-14H,15H2,1-3H3,(H,26,29)(H,27,30). The third kappa shape index (κ3) is 5.60. The first-order valence-electron chi connectivity index (χ1n) is 9.74. The average Bonchev–Trinajstić information content (AvgIpc) is 2.74. The molecule has 0 bridgehead atoms. The number of hydrogen-bond acceptors (Lipinski definition) is 3. The zero-order chi connectivity index (χ0) is 22.4. The Kier molecular flexibility index (Phi) is 6.87. The molecule has 0 saturated heterocycles. The predicted octanol–water partition coefficient (Wildman–Crippen LogP) is 5.34. The number of nitrogens with zero attached hydrogens (tertiary/aromatic N) is 1. The number of likely N-dealkylation sites (N-methyl/N-ethyl adjacent to an activating group) is 1. The fourth-order valence-electron chi connectivity index (χ4n) is 3.01. The maximum atomic E-state index is 14.4. The monoisotopic (exact) mass is 421 g/mol. The van der Waals surface area contributed by atoms with Crippen LogP contribution in [0.4, 0.5) is 20.6 Å². The highest BCUT2D eigenvalue weighted by atomic mass is 19.1. The molecule has 2 N–H and O–H groups in total. The number of benzene rings is 3. The molecule has 3 aromatic rings. The number of halogens is 1. The smallest absolute Gasteiger partial charge is 0.322 e. The van der Waals surface area contributed by atoms with Crippen LogP contribution in [0.1, 0.15) is 11.1 Å². The Morgan fingerprint density at radius 1 is 0.871 bits per heavy atom. The van der Waals surface area contributed by atoms with Crippen LogP contribution in [-0.2, 0) is 4.79 Å². The first-order valence-corrected chi connectivity index (χ1v) is 9.74. The summed E-state index contributed by atoms with van der Waals surface area (Å²) in [7, 11) is 1.46. The second kappa shape index (κ2) is 9.75. The Labute approximate surface area is 180 Å². The van der Waals surface area contributed by atoms with Crippen LogP contribution in [0, 0.1) is 19.7 Å². The van der Waals surface area contributed by atoms with E-state index in [1.165, 1.54) is 24.1 Å². The number of carbonyl (C=O) groups is 2. The highest BCUT2D eigenvalue weighted by Gasteiger charge is 2.19. The lowest BCUT2D eigenvalue weighted by atomic mass is 10.1. The number of amides is 3. The van der Waals surface area contributed by atoms with Crippen molar-refractivity contribution < 1.29 is 18.7 Å². The second-order valence-corrected chi connectivity index (χ2v) is 7.13. The van der Waals surface area contributed by atoms with E-state index in [-0.39, 0.29) is 23.9 Å². The molecule has 160 valence electrons. The summed E-state index contributed by atoms with van der Waals surface area (Å²) in [5.41, 5.74) is 2.47. The molecule has 6 nitrogen and oxygen atoms in total. The van der Waals surface area contributed by atoms with Gasteiger partial charge >= 0.3 is 6.03 Å². The lowest BCUT2D eigenvalue weighted by molar-refractivity contribution is -0.116. The van der Waals surface area contributed by atoms with Crippen LogP contribution in [0.15, 0.2) is 66.7 Å². The van der Waals surface area contributed by atoms with Gasteiger partial charge in [-0.3, -0.25) is 4.79 Å². The topological polar surface area (TPSA) is 70.7 Å². The molecule has 3 amide bonds. The van der Waals surface area contributed by atoms with E-state index in [4.69, 9.17) is 4.74 Å². The molecular weight excluding hydrogens is 397 g/mol. The van der Waals surface area contributed by atoms with Crippen molar-refractivity contribution in [3.05, 3.63) is 83.7 Å². The lowest BCUT2D eigenvalue weighted by Crippen LogP contribution is -2.38. The average molecular weight is 421 g/mol. The summed E-state index contributed by atoms with van der Waals surface area (Å²) in [5.74, 6) is -0.336. The fourth-order valence-corrected chi connectivity index (χ4v) is 3.01. The Morgan fingerprint density at radius 2 is 1.52 bits per heavy atom. The quantitative estimate of drug-likeness (QED) is 0.565. The van der Waals surface area contributed by atoms with Crippen molar-refractivity contribution >= 4 is 23.3 Å². The molecule has 0 atom stereocenters. The molecule has 0 unspecified atom stereocenters. The minimum atomic E-state index is -0.643. The molecule has 0 aliphatic heterocycles. The van der Waals surface area contributed by atoms with Gasteiger partial charge < -0.3 is 20.3 Å². The number of hydrogen-bond donors (Lipinski definition) is 2. The SMILES string of the molecule is Cc1cccc(C)c1NC(=O)CN(C)C(=O)Nc1c(F)cccc1Oc1ccccc1. The van der Waals surface area contributed by atoms with Crippen molar-refractivity contribution in [2.75, 3.05) is 24.2 Å². The van der Waals surface area contributed by atoms with Crippen molar-refractivity contribution in [2.45, 2.75) is 13.8 Å².